The second kappa shape index (κ2) is 8.12. The third kappa shape index (κ3) is 4.58. The first-order chi connectivity index (χ1) is 12.9. The number of amides is 1. The van der Waals surface area contributed by atoms with Crippen molar-refractivity contribution < 1.29 is 4.79 Å². The normalized spacial score (nSPS) is 12.2. The van der Waals surface area contributed by atoms with Crippen LogP contribution in [0.4, 0.5) is 0 Å². The van der Waals surface area contributed by atoms with Crippen LogP contribution in [0.3, 0.4) is 0 Å². The van der Waals surface area contributed by atoms with Crippen LogP contribution < -0.4 is 5.32 Å². The Morgan fingerprint density at radius 2 is 1.89 bits per heavy atom. The first-order valence-electron chi connectivity index (χ1n) is 9.10. The van der Waals surface area contributed by atoms with Gasteiger partial charge < -0.3 is 5.32 Å². The zero-order chi connectivity index (χ0) is 19.4. The maximum atomic E-state index is 12.7. The second-order valence-electron chi connectivity index (χ2n) is 7.14. The molecule has 6 nitrogen and oxygen atoms in total. The first kappa shape index (κ1) is 18.8. The summed E-state index contributed by atoms with van der Waals surface area (Å²) in [5.41, 5.74) is 5.24. The van der Waals surface area contributed by atoms with Crippen molar-refractivity contribution in [3.8, 4) is 0 Å². The molecule has 2 heterocycles. The Kier molecular flexibility index (Phi) is 5.64. The van der Waals surface area contributed by atoms with Gasteiger partial charge in [0.25, 0.3) is 0 Å². The maximum Gasteiger partial charge on any atom is 0.242 e. The molecule has 0 bridgehead atoms. The summed E-state index contributed by atoms with van der Waals surface area (Å²) in [6.45, 7) is 8.34. The zero-order valence-electron chi connectivity index (χ0n) is 16.2. The van der Waals surface area contributed by atoms with E-state index < -0.39 is 0 Å². The van der Waals surface area contributed by atoms with E-state index in [4.69, 9.17) is 0 Å². The van der Waals surface area contributed by atoms with Crippen molar-refractivity contribution in [1.82, 2.24) is 25.3 Å². The molecular weight excluding hydrogens is 338 g/mol. The van der Waals surface area contributed by atoms with Gasteiger partial charge in [0, 0.05) is 18.6 Å². The summed E-state index contributed by atoms with van der Waals surface area (Å²) in [6, 6.07) is 9.89. The summed E-state index contributed by atoms with van der Waals surface area (Å²) in [6.07, 6.45) is 5.31. The predicted molar refractivity (Wildman–Crippen MR) is 104 cm³/mol. The van der Waals surface area contributed by atoms with Crippen molar-refractivity contribution in [2.45, 2.75) is 46.2 Å². The molecule has 0 spiro atoms. The fraction of sp³-hybridized carbons (Fsp3) is 0.333. The van der Waals surface area contributed by atoms with E-state index in [-0.39, 0.29) is 24.4 Å². The van der Waals surface area contributed by atoms with Gasteiger partial charge in [-0.25, -0.2) is 4.68 Å². The molecule has 2 aromatic heterocycles. The number of nitrogens with one attached hydrogen (secondary N) is 1. The Bertz CT molecular complexity index is 917. The van der Waals surface area contributed by atoms with Crippen molar-refractivity contribution in [2.24, 2.45) is 0 Å². The summed E-state index contributed by atoms with van der Waals surface area (Å²) in [5.74, 6) is 0.166. The Balaban J connectivity index is 1.85. The minimum Gasteiger partial charge on any atom is -0.344 e. The van der Waals surface area contributed by atoms with Crippen LogP contribution in [0.1, 0.15) is 53.8 Å². The van der Waals surface area contributed by atoms with Gasteiger partial charge in [-0.15, -0.1) is 5.10 Å². The highest BCUT2D eigenvalue weighted by molar-refractivity contribution is 5.76. The third-order valence-electron chi connectivity index (χ3n) is 4.54. The molecule has 3 rings (SSSR count). The quantitative estimate of drug-likeness (QED) is 0.729. The summed E-state index contributed by atoms with van der Waals surface area (Å²) >= 11 is 0. The average Bonchev–Trinajstić information content (AvgIpc) is 3.11. The number of carbonyl (C=O) groups excluding carboxylic acids is 1. The van der Waals surface area contributed by atoms with Gasteiger partial charge >= 0.3 is 0 Å². The highest BCUT2D eigenvalue weighted by Crippen LogP contribution is 2.25. The first-order valence-corrected chi connectivity index (χ1v) is 9.10. The minimum absolute atomic E-state index is 0.113. The van der Waals surface area contributed by atoms with Crippen LogP contribution in [-0.4, -0.2) is 25.9 Å². The number of pyridine rings is 1. The van der Waals surface area contributed by atoms with E-state index in [9.17, 15) is 4.79 Å². The molecule has 0 unspecified atom stereocenters. The molecule has 0 saturated heterocycles. The van der Waals surface area contributed by atoms with Crippen LogP contribution in [-0.2, 0) is 11.3 Å². The molecule has 0 radical (unpaired) electrons. The van der Waals surface area contributed by atoms with Crippen molar-refractivity contribution in [3.05, 3.63) is 76.9 Å². The number of aromatic nitrogens is 4. The Morgan fingerprint density at radius 1 is 1.15 bits per heavy atom. The average molecular weight is 363 g/mol. The predicted octanol–water partition coefficient (Wildman–Crippen LogP) is 3.32. The number of aryl methyl sites for hydroxylation is 2. The summed E-state index contributed by atoms with van der Waals surface area (Å²) < 4.78 is 1.58. The van der Waals surface area contributed by atoms with Crippen molar-refractivity contribution in [1.29, 1.82) is 0 Å². The SMILES string of the molecule is Cc1ccc(C)c([C@@H](NC(=O)Cn2cc(C(C)C)nn2)c2ccncc2)c1. The number of benzene rings is 1. The molecule has 0 aliphatic rings. The van der Waals surface area contributed by atoms with E-state index in [0.29, 0.717) is 0 Å². The lowest BCUT2D eigenvalue weighted by atomic mass is 9.94. The fourth-order valence-electron chi connectivity index (χ4n) is 2.98. The van der Waals surface area contributed by atoms with Gasteiger partial charge in [-0.1, -0.05) is 42.8 Å². The van der Waals surface area contributed by atoms with E-state index in [2.05, 4.69) is 66.5 Å². The monoisotopic (exact) mass is 363 g/mol. The summed E-state index contributed by atoms with van der Waals surface area (Å²) in [4.78, 5) is 16.8. The molecule has 27 heavy (non-hydrogen) atoms. The van der Waals surface area contributed by atoms with Crippen molar-refractivity contribution in [2.75, 3.05) is 0 Å². The molecule has 1 N–H and O–H groups in total. The van der Waals surface area contributed by atoms with Gasteiger partial charge in [-0.05, 0) is 48.6 Å². The number of rotatable bonds is 6. The van der Waals surface area contributed by atoms with Crippen LogP contribution >= 0.6 is 0 Å². The number of carbonyl (C=O) groups is 1. The molecule has 0 fully saturated rings. The van der Waals surface area contributed by atoms with Gasteiger partial charge in [-0.2, -0.15) is 0 Å². The highest BCUT2D eigenvalue weighted by Gasteiger charge is 2.19. The molecule has 6 heteroatoms. The molecular formula is C21H25N5O. The number of hydrogen-bond donors (Lipinski definition) is 1. The fourth-order valence-corrected chi connectivity index (χ4v) is 2.98. The standard InChI is InChI=1S/C21H25N5O/c1-14(2)19-12-26(25-24-19)13-20(27)23-21(17-7-9-22-10-8-17)18-11-15(3)5-6-16(18)4/h5-12,14,21H,13H2,1-4H3,(H,23,27)/t21-/m0/s1. The van der Waals surface area contributed by atoms with Crippen LogP contribution in [0.2, 0.25) is 0 Å². The largest absolute Gasteiger partial charge is 0.344 e. The third-order valence-corrected chi connectivity index (χ3v) is 4.54. The molecule has 140 valence electrons. The van der Waals surface area contributed by atoms with Gasteiger partial charge in [-0.3, -0.25) is 9.78 Å². The molecule has 1 amide bonds. The summed E-state index contributed by atoms with van der Waals surface area (Å²) in [5, 5.41) is 11.3. The van der Waals surface area contributed by atoms with Crippen LogP contribution in [0.5, 0.6) is 0 Å². The molecule has 1 atom stereocenters. The van der Waals surface area contributed by atoms with Crippen molar-refractivity contribution >= 4 is 5.91 Å². The molecule has 1 aromatic carbocycles. The zero-order valence-corrected chi connectivity index (χ0v) is 16.2. The molecule has 0 saturated carbocycles. The Morgan fingerprint density at radius 3 is 2.56 bits per heavy atom. The van der Waals surface area contributed by atoms with Crippen LogP contribution in [0.15, 0.2) is 48.9 Å². The molecule has 3 aromatic rings. The Hall–Kier alpha value is -3.02. The van der Waals surface area contributed by atoms with Crippen molar-refractivity contribution in [3.63, 3.8) is 0 Å². The van der Waals surface area contributed by atoms with E-state index in [1.165, 1.54) is 0 Å². The van der Waals surface area contributed by atoms with Crippen LogP contribution in [0, 0.1) is 13.8 Å². The molecule has 0 aliphatic carbocycles. The van der Waals surface area contributed by atoms with E-state index >= 15 is 0 Å². The van der Waals surface area contributed by atoms with Gasteiger partial charge in [0.05, 0.1) is 11.7 Å². The Labute approximate surface area is 159 Å². The van der Waals surface area contributed by atoms with E-state index in [0.717, 1.165) is 27.9 Å². The lowest BCUT2D eigenvalue weighted by Gasteiger charge is -2.22. The second-order valence-corrected chi connectivity index (χ2v) is 7.14. The van der Waals surface area contributed by atoms with E-state index in [1.807, 2.05) is 18.3 Å². The minimum atomic E-state index is -0.242. The van der Waals surface area contributed by atoms with Gasteiger partial charge in [0.2, 0.25) is 5.91 Å². The van der Waals surface area contributed by atoms with Gasteiger partial charge in [0.15, 0.2) is 0 Å². The maximum absolute atomic E-state index is 12.7. The van der Waals surface area contributed by atoms with Crippen LogP contribution in [0.25, 0.3) is 0 Å². The van der Waals surface area contributed by atoms with E-state index in [1.54, 1.807) is 17.1 Å². The lowest BCUT2D eigenvalue weighted by molar-refractivity contribution is -0.122. The number of hydrogen-bond acceptors (Lipinski definition) is 4. The lowest BCUT2D eigenvalue weighted by Crippen LogP contribution is -2.32. The highest BCUT2D eigenvalue weighted by atomic mass is 16.2. The number of nitrogens with zero attached hydrogens (tertiary/aromatic N) is 4. The van der Waals surface area contributed by atoms with Gasteiger partial charge in [0.1, 0.15) is 6.54 Å². The molecule has 0 aliphatic heterocycles. The smallest absolute Gasteiger partial charge is 0.242 e. The summed E-state index contributed by atoms with van der Waals surface area (Å²) in [7, 11) is 0. The topological polar surface area (TPSA) is 72.7 Å².